The van der Waals surface area contributed by atoms with Gasteiger partial charge >= 0.3 is 0 Å². The second-order valence-electron chi connectivity index (χ2n) is 7.81. The topological polar surface area (TPSA) is 74.6 Å². The van der Waals surface area contributed by atoms with Crippen molar-refractivity contribution in [2.75, 3.05) is 27.4 Å². The predicted molar refractivity (Wildman–Crippen MR) is 116 cm³/mol. The Balaban J connectivity index is 1.57. The van der Waals surface area contributed by atoms with E-state index in [2.05, 4.69) is 5.32 Å². The Morgan fingerprint density at radius 2 is 1.97 bits per heavy atom. The van der Waals surface area contributed by atoms with E-state index in [0.29, 0.717) is 30.2 Å². The molecule has 1 saturated heterocycles. The van der Waals surface area contributed by atoms with E-state index in [1.165, 1.54) is 0 Å². The molecular weight excluding hydrogens is 394 g/mol. The molecular formula is C24H25N3O4. The minimum atomic E-state index is -0.173. The van der Waals surface area contributed by atoms with Gasteiger partial charge in [0.05, 0.1) is 31.7 Å². The Hall–Kier alpha value is -3.32. The van der Waals surface area contributed by atoms with Crippen molar-refractivity contribution in [3.63, 3.8) is 0 Å². The number of fused-ring (bicyclic) bond motifs is 3. The number of amides is 1. The molecule has 3 aromatic rings. The lowest BCUT2D eigenvalue weighted by Crippen LogP contribution is -2.32. The number of rotatable bonds is 6. The first kappa shape index (κ1) is 19.6. The first-order valence-corrected chi connectivity index (χ1v) is 10.5. The molecule has 1 aliphatic heterocycles. The summed E-state index contributed by atoms with van der Waals surface area (Å²) in [4.78, 5) is 13.1. The molecule has 0 spiro atoms. The molecule has 7 heteroatoms. The van der Waals surface area contributed by atoms with Crippen LogP contribution in [0.3, 0.4) is 0 Å². The lowest BCUT2D eigenvalue weighted by molar-refractivity contribution is 0.0852. The van der Waals surface area contributed by atoms with E-state index in [-0.39, 0.29) is 12.0 Å². The number of ether oxygens (including phenoxy) is 3. The number of methoxy groups -OCH3 is 2. The summed E-state index contributed by atoms with van der Waals surface area (Å²) in [6.07, 6.45) is 2.71. The molecule has 2 aromatic carbocycles. The number of nitrogens with zero attached hydrogens (tertiary/aromatic N) is 2. The molecule has 5 rings (SSSR count). The zero-order valence-electron chi connectivity index (χ0n) is 17.7. The van der Waals surface area contributed by atoms with Crippen molar-refractivity contribution in [1.82, 2.24) is 15.1 Å². The van der Waals surface area contributed by atoms with Crippen molar-refractivity contribution in [2.45, 2.75) is 25.4 Å². The van der Waals surface area contributed by atoms with Gasteiger partial charge in [0.2, 0.25) is 0 Å². The van der Waals surface area contributed by atoms with Gasteiger partial charge in [0.25, 0.3) is 5.91 Å². The normalized spacial score (nSPS) is 16.6. The second kappa shape index (κ2) is 8.07. The van der Waals surface area contributed by atoms with Gasteiger partial charge in [-0.2, -0.15) is 5.10 Å². The first-order chi connectivity index (χ1) is 15.2. The van der Waals surface area contributed by atoms with E-state index in [1.54, 1.807) is 14.2 Å². The van der Waals surface area contributed by atoms with Gasteiger partial charge in [0.15, 0.2) is 17.2 Å². The van der Waals surface area contributed by atoms with E-state index < -0.39 is 0 Å². The smallest absolute Gasteiger partial charge is 0.272 e. The van der Waals surface area contributed by atoms with Crippen LogP contribution in [0.25, 0.3) is 16.9 Å². The number of hydrogen-bond acceptors (Lipinski definition) is 5. The zero-order valence-corrected chi connectivity index (χ0v) is 17.7. The van der Waals surface area contributed by atoms with Crippen LogP contribution in [0.1, 0.15) is 34.5 Å². The minimum Gasteiger partial charge on any atom is -0.493 e. The number of carbonyl (C=O) groups excluding carboxylic acids is 1. The van der Waals surface area contributed by atoms with E-state index in [0.717, 1.165) is 47.5 Å². The molecule has 1 atom stereocenters. The number of hydrogen-bond donors (Lipinski definition) is 1. The third kappa shape index (κ3) is 3.45. The fraction of sp³-hybridized carbons (Fsp3) is 0.333. The van der Waals surface area contributed by atoms with Crippen LogP contribution in [0.5, 0.6) is 11.5 Å². The highest BCUT2D eigenvalue weighted by Gasteiger charge is 2.32. The van der Waals surface area contributed by atoms with Gasteiger partial charge in [-0.25, -0.2) is 4.68 Å². The lowest BCUT2D eigenvalue weighted by Gasteiger charge is -2.12. The van der Waals surface area contributed by atoms with Gasteiger partial charge in [-0.3, -0.25) is 4.79 Å². The van der Waals surface area contributed by atoms with Crippen molar-refractivity contribution >= 4 is 5.91 Å². The molecule has 1 aliphatic carbocycles. The van der Waals surface area contributed by atoms with Crippen LogP contribution in [0, 0.1) is 0 Å². The molecule has 160 valence electrons. The highest BCUT2D eigenvalue weighted by atomic mass is 16.5. The second-order valence-corrected chi connectivity index (χ2v) is 7.81. The Morgan fingerprint density at radius 3 is 2.68 bits per heavy atom. The quantitative estimate of drug-likeness (QED) is 0.519. The van der Waals surface area contributed by atoms with Gasteiger partial charge in [0, 0.05) is 30.7 Å². The number of nitrogens with one attached hydrogen (secondary N) is 1. The van der Waals surface area contributed by atoms with Gasteiger partial charge in [-0.1, -0.05) is 18.2 Å². The molecule has 0 radical (unpaired) electrons. The van der Waals surface area contributed by atoms with Crippen LogP contribution in [-0.4, -0.2) is 49.2 Å². The van der Waals surface area contributed by atoms with Gasteiger partial charge in [-0.05, 0) is 42.7 Å². The summed E-state index contributed by atoms with van der Waals surface area (Å²) in [6.45, 7) is 1.26. The molecule has 1 N–H and O–H groups in total. The number of aromatic nitrogens is 2. The molecule has 1 aromatic heterocycles. The average Bonchev–Trinajstić information content (AvgIpc) is 3.53. The molecule has 7 nitrogen and oxygen atoms in total. The molecule has 0 bridgehead atoms. The molecule has 1 fully saturated rings. The lowest BCUT2D eigenvalue weighted by atomic mass is 10.1. The predicted octanol–water partition coefficient (Wildman–Crippen LogP) is 3.37. The average molecular weight is 419 g/mol. The third-order valence-electron chi connectivity index (χ3n) is 5.95. The molecule has 1 amide bonds. The van der Waals surface area contributed by atoms with Crippen molar-refractivity contribution in [3.05, 3.63) is 59.3 Å². The standard InChI is InChI=1S/C24H25N3O4/c1-29-20-12-15-11-19-22(24(28)25-14-17-9-6-10-31-17)26-27(16-7-4-3-5-8-16)23(19)18(15)13-21(20)30-2/h3-5,7-8,12-13,17H,6,9-11,14H2,1-2H3,(H,25,28)/t17-/m1/s1. The summed E-state index contributed by atoms with van der Waals surface area (Å²) >= 11 is 0. The molecule has 2 aliphatic rings. The number of carbonyl (C=O) groups is 1. The Morgan fingerprint density at radius 1 is 1.19 bits per heavy atom. The zero-order chi connectivity index (χ0) is 21.4. The van der Waals surface area contributed by atoms with E-state index in [9.17, 15) is 4.79 Å². The summed E-state index contributed by atoms with van der Waals surface area (Å²) in [6, 6.07) is 13.8. The summed E-state index contributed by atoms with van der Waals surface area (Å²) in [7, 11) is 3.25. The summed E-state index contributed by atoms with van der Waals surface area (Å²) in [5, 5.41) is 7.75. The van der Waals surface area contributed by atoms with Gasteiger partial charge < -0.3 is 19.5 Å². The van der Waals surface area contributed by atoms with Crippen molar-refractivity contribution in [2.24, 2.45) is 0 Å². The first-order valence-electron chi connectivity index (χ1n) is 10.5. The van der Waals surface area contributed by atoms with Crippen LogP contribution in [0.15, 0.2) is 42.5 Å². The fourth-order valence-corrected chi connectivity index (χ4v) is 4.41. The largest absolute Gasteiger partial charge is 0.493 e. The maximum Gasteiger partial charge on any atom is 0.272 e. The van der Waals surface area contributed by atoms with Crippen LogP contribution >= 0.6 is 0 Å². The highest BCUT2D eigenvalue weighted by molar-refractivity contribution is 5.97. The summed E-state index contributed by atoms with van der Waals surface area (Å²) in [5.74, 6) is 1.16. The maximum atomic E-state index is 13.1. The Labute approximate surface area is 180 Å². The monoisotopic (exact) mass is 419 g/mol. The highest BCUT2D eigenvalue weighted by Crippen LogP contribution is 2.44. The van der Waals surface area contributed by atoms with Crippen LogP contribution in [0.2, 0.25) is 0 Å². The molecule has 31 heavy (non-hydrogen) atoms. The summed E-state index contributed by atoms with van der Waals surface area (Å²) in [5.41, 5.74) is 5.28. The Kier molecular flexibility index (Phi) is 5.11. The summed E-state index contributed by atoms with van der Waals surface area (Å²) < 4.78 is 18.5. The molecule has 2 heterocycles. The Bertz CT molecular complexity index is 1120. The van der Waals surface area contributed by atoms with Crippen molar-refractivity contribution < 1.29 is 19.0 Å². The van der Waals surface area contributed by atoms with E-state index in [4.69, 9.17) is 19.3 Å². The van der Waals surface area contributed by atoms with Crippen LogP contribution in [-0.2, 0) is 11.2 Å². The van der Waals surface area contributed by atoms with Crippen molar-refractivity contribution in [3.8, 4) is 28.4 Å². The van der Waals surface area contributed by atoms with Gasteiger partial charge in [-0.15, -0.1) is 0 Å². The third-order valence-corrected chi connectivity index (χ3v) is 5.95. The van der Waals surface area contributed by atoms with Crippen LogP contribution < -0.4 is 14.8 Å². The van der Waals surface area contributed by atoms with E-state index in [1.807, 2.05) is 47.1 Å². The van der Waals surface area contributed by atoms with Crippen molar-refractivity contribution in [1.29, 1.82) is 0 Å². The van der Waals surface area contributed by atoms with Gasteiger partial charge in [0.1, 0.15) is 0 Å². The van der Waals surface area contributed by atoms with E-state index >= 15 is 0 Å². The number of para-hydroxylation sites is 1. The molecule has 0 unspecified atom stereocenters. The fourth-order valence-electron chi connectivity index (χ4n) is 4.41. The maximum absolute atomic E-state index is 13.1. The molecule has 0 saturated carbocycles. The SMILES string of the molecule is COc1cc2c(cc1OC)-c1c(c(C(=O)NC[C@H]3CCCO3)nn1-c1ccccc1)C2. The minimum absolute atomic E-state index is 0.0823. The van der Waals surface area contributed by atoms with Crippen LogP contribution in [0.4, 0.5) is 0 Å². The number of benzene rings is 2.